The van der Waals surface area contributed by atoms with Crippen molar-refractivity contribution in [3.63, 3.8) is 0 Å². The molecule has 0 saturated heterocycles. The third-order valence-corrected chi connectivity index (χ3v) is 3.45. The van der Waals surface area contributed by atoms with Gasteiger partial charge < -0.3 is 4.90 Å². The molecule has 1 atom stereocenters. The van der Waals surface area contributed by atoms with Gasteiger partial charge in [-0.1, -0.05) is 20.8 Å². The SMILES string of the molecule is CC(N(C)c1ccnc(CCl)c1)C(C)(C)C. The van der Waals surface area contributed by atoms with Crippen molar-refractivity contribution in [2.24, 2.45) is 5.41 Å². The van der Waals surface area contributed by atoms with E-state index in [1.807, 2.05) is 12.3 Å². The summed E-state index contributed by atoms with van der Waals surface area (Å²) < 4.78 is 0. The van der Waals surface area contributed by atoms with Crippen molar-refractivity contribution in [2.75, 3.05) is 11.9 Å². The van der Waals surface area contributed by atoms with Gasteiger partial charge in [-0.2, -0.15) is 0 Å². The molecule has 3 heteroatoms. The van der Waals surface area contributed by atoms with Gasteiger partial charge >= 0.3 is 0 Å². The lowest BCUT2D eigenvalue weighted by Gasteiger charge is -2.37. The number of hydrogen-bond donors (Lipinski definition) is 0. The van der Waals surface area contributed by atoms with E-state index in [0.717, 1.165) is 5.69 Å². The number of nitrogens with zero attached hydrogens (tertiary/aromatic N) is 2. The highest BCUT2D eigenvalue weighted by atomic mass is 35.5. The minimum atomic E-state index is 0.249. The number of pyridine rings is 1. The van der Waals surface area contributed by atoms with Gasteiger partial charge in [-0.15, -0.1) is 11.6 Å². The van der Waals surface area contributed by atoms with Gasteiger partial charge in [0.1, 0.15) is 0 Å². The van der Waals surface area contributed by atoms with Crippen molar-refractivity contribution in [1.29, 1.82) is 0 Å². The maximum Gasteiger partial charge on any atom is 0.0648 e. The minimum absolute atomic E-state index is 0.249. The largest absolute Gasteiger partial charge is 0.371 e. The normalized spacial score (nSPS) is 13.6. The lowest BCUT2D eigenvalue weighted by atomic mass is 9.87. The standard InChI is InChI=1S/C13H21ClN2/c1-10(13(2,3)4)16(5)12-6-7-15-11(8-12)9-14/h6-8,10H,9H2,1-5H3. The van der Waals surface area contributed by atoms with Crippen molar-refractivity contribution >= 4 is 17.3 Å². The Balaban J connectivity index is 2.91. The van der Waals surface area contributed by atoms with Crippen LogP contribution in [0.5, 0.6) is 0 Å². The first kappa shape index (κ1) is 13.3. The monoisotopic (exact) mass is 240 g/mol. The molecule has 0 radical (unpaired) electrons. The molecule has 0 amide bonds. The van der Waals surface area contributed by atoms with Crippen LogP contribution in [0.3, 0.4) is 0 Å². The molecular formula is C13H21ClN2. The summed E-state index contributed by atoms with van der Waals surface area (Å²) in [6, 6.07) is 4.53. The summed E-state index contributed by atoms with van der Waals surface area (Å²) in [5, 5.41) is 0. The topological polar surface area (TPSA) is 16.1 Å². The van der Waals surface area contributed by atoms with Crippen LogP contribution in [0.15, 0.2) is 18.3 Å². The van der Waals surface area contributed by atoms with Crippen molar-refractivity contribution in [3.05, 3.63) is 24.0 Å². The summed E-state index contributed by atoms with van der Waals surface area (Å²) >= 11 is 5.79. The maximum absolute atomic E-state index is 5.79. The van der Waals surface area contributed by atoms with Crippen LogP contribution in [0.4, 0.5) is 5.69 Å². The van der Waals surface area contributed by atoms with Gasteiger partial charge in [0.15, 0.2) is 0 Å². The summed E-state index contributed by atoms with van der Waals surface area (Å²) in [7, 11) is 2.11. The molecule has 0 fully saturated rings. The molecule has 0 bridgehead atoms. The second kappa shape index (κ2) is 5.05. The van der Waals surface area contributed by atoms with Crippen molar-refractivity contribution in [1.82, 2.24) is 4.98 Å². The van der Waals surface area contributed by atoms with Gasteiger partial charge in [0.2, 0.25) is 0 Å². The Morgan fingerprint density at radius 2 is 2.06 bits per heavy atom. The van der Waals surface area contributed by atoms with Crippen molar-refractivity contribution in [3.8, 4) is 0 Å². The van der Waals surface area contributed by atoms with Gasteiger partial charge in [0.05, 0.1) is 11.6 Å². The third kappa shape index (κ3) is 3.11. The molecule has 0 N–H and O–H groups in total. The van der Waals surface area contributed by atoms with E-state index >= 15 is 0 Å². The van der Waals surface area contributed by atoms with Gasteiger partial charge in [-0.05, 0) is 24.5 Å². The second-order valence-electron chi connectivity index (χ2n) is 5.29. The first-order chi connectivity index (χ1) is 7.36. The fourth-order valence-corrected chi connectivity index (χ4v) is 1.71. The Kier molecular flexibility index (Phi) is 4.20. The molecule has 1 aromatic rings. The molecule has 2 nitrogen and oxygen atoms in total. The first-order valence-electron chi connectivity index (χ1n) is 5.60. The van der Waals surface area contributed by atoms with E-state index in [9.17, 15) is 0 Å². The lowest BCUT2D eigenvalue weighted by Crippen LogP contribution is -2.39. The number of rotatable bonds is 3. The third-order valence-electron chi connectivity index (χ3n) is 3.18. The summed E-state index contributed by atoms with van der Waals surface area (Å²) in [5.74, 6) is 0.464. The van der Waals surface area contributed by atoms with Crippen LogP contribution in [-0.2, 0) is 5.88 Å². The fourth-order valence-electron chi connectivity index (χ4n) is 1.56. The van der Waals surface area contributed by atoms with Crippen LogP contribution >= 0.6 is 11.6 Å². The maximum atomic E-state index is 5.79. The summed E-state index contributed by atoms with van der Waals surface area (Å²) in [6.45, 7) is 8.98. The van der Waals surface area contributed by atoms with E-state index in [2.05, 4.69) is 50.7 Å². The van der Waals surface area contributed by atoms with E-state index < -0.39 is 0 Å². The summed E-state index contributed by atoms with van der Waals surface area (Å²) in [4.78, 5) is 6.48. The second-order valence-corrected chi connectivity index (χ2v) is 5.56. The van der Waals surface area contributed by atoms with E-state index in [1.165, 1.54) is 5.69 Å². The van der Waals surface area contributed by atoms with E-state index in [-0.39, 0.29) is 5.41 Å². The number of alkyl halides is 1. The van der Waals surface area contributed by atoms with E-state index in [4.69, 9.17) is 11.6 Å². The molecule has 0 aliphatic rings. The quantitative estimate of drug-likeness (QED) is 0.750. The molecule has 1 rings (SSSR count). The molecule has 0 aromatic carbocycles. The molecule has 0 spiro atoms. The molecule has 1 unspecified atom stereocenters. The molecule has 1 aromatic heterocycles. The van der Waals surface area contributed by atoms with Crippen LogP contribution in [0.2, 0.25) is 0 Å². The molecule has 0 aliphatic heterocycles. The number of anilines is 1. The van der Waals surface area contributed by atoms with Crippen LogP contribution < -0.4 is 4.90 Å². The van der Waals surface area contributed by atoms with Gasteiger partial charge in [-0.3, -0.25) is 4.98 Å². The summed E-state index contributed by atoms with van der Waals surface area (Å²) in [5.41, 5.74) is 2.35. The zero-order valence-electron chi connectivity index (χ0n) is 10.8. The minimum Gasteiger partial charge on any atom is -0.371 e. The van der Waals surface area contributed by atoms with Crippen LogP contribution in [0.1, 0.15) is 33.4 Å². The van der Waals surface area contributed by atoms with Crippen LogP contribution in [-0.4, -0.2) is 18.1 Å². The van der Waals surface area contributed by atoms with Crippen LogP contribution in [0, 0.1) is 5.41 Å². The average Bonchev–Trinajstić information content (AvgIpc) is 2.26. The average molecular weight is 241 g/mol. The smallest absolute Gasteiger partial charge is 0.0648 e. The molecule has 0 saturated carbocycles. The zero-order chi connectivity index (χ0) is 12.3. The Morgan fingerprint density at radius 1 is 1.44 bits per heavy atom. The predicted molar refractivity (Wildman–Crippen MR) is 71.1 cm³/mol. The highest BCUT2D eigenvalue weighted by Crippen LogP contribution is 2.27. The van der Waals surface area contributed by atoms with E-state index in [1.54, 1.807) is 0 Å². The number of halogens is 1. The van der Waals surface area contributed by atoms with Crippen molar-refractivity contribution < 1.29 is 0 Å². The Hall–Kier alpha value is -0.760. The molecule has 1 heterocycles. The van der Waals surface area contributed by atoms with Crippen LogP contribution in [0.25, 0.3) is 0 Å². The van der Waals surface area contributed by atoms with E-state index in [0.29, 0.717) is 11.9 Å². The molecule has 16 heavy (non-hydrogen) atoms. The lowest BCUT2D eigenvalue weighted by molar-refractivity contribution is 0.329. The Morgan fingerprint density at radius 3 is 2.56 bits per heavy atom. The summed E-state index contributed by atoms with van der Waals surface area (Å²) in [6.07, 6.45) is 1.82. The molecular weight excluding hydrogens is 220 g/mol. The van der Waals surface area contributed by atoms with Gasteiger partial charge in [0.25, 0.3) is 0 Å². The number of aromatic nitrogens is 1. The van der Waals surface area contributed by atoms with Gasteiger partial charge in [-0.25, -0.2) is 0 Å². The first-order valence-corrected chi connectivity index (χ1v) is 6.13. The zero-order valence-corrected chi connectivity index (χ0v) is 11.5. The van der Waals surface area contributed by atoms with Crippen molar-refractivity contribution in [2.45, 2.75) is 39.6 Å². The number of hydrogen-bond acceptors (Lipinski definition) is 2. The predicted octanol–water partition coefficient (Wildman–Crippen LogP) is 3.69. The Bertz CT molecular complexity index is 344. The fraction of sp³-hybridized carbons (Fsp3) is 0.615. The van der Waals surface area contributed by atoms with Gasteiger partial charge in [0, 0.05) is 25.0 Å². The highest BCUT2D eigenvalue weighted by molar-refractivity contribution is 6.16. The Labute approximate surface area is 104 Å². The molecule has 0 aliphatic carbocycles. The highest BCUT2D eigenvalue weighted by Gasteiger charge is 2.24. The molecule has 90 valence electrons.